The second-order valence-electron chi connectivity index (χ2n) is 6.09. The lowest BCUT2D eigenvalue weighted by Crippen LogP contribution is -2.15. The van der Waals surface area contributed by atoms with Crippen molar-refractivity contribution in [1.29, 1.82) is 0 Å². The number of rotatable bonds is 4. The fourth-order valence-corrected chi connectivity index (χ4v) is 2.82. The summed E-state index contributed by atoms with van der Waals surface area (Å²) in [5, 5.41) is 7.20. The minimum Gasteiger partial charge on any atom is -0.465 e. The lowest BCUT2D eigenvalue weighted by molar-refractivity contribution is 0.0600. The van der Waals surface area contributed by atoms with Gasteiger partial charge in [-0.15, -0.1) is 0 Å². The first kappa shape index (κ1) is 17.5. The van der Waals surface area contributed by atoms with Gasteiger partial charge in [0.1, 0.15) is 11.4 Å². The van der Waals surface area contributed by atoms with Crippen LogP contribution in [0.25, 0.3) is 17.1 Å². The van der Waals surface area contributed by atoms with E-state index >= 15 is 0 Å². The number of nitrogens with zero attached hydrogens (tertiary/aromatic N) is 3. The smallest absolute Gasteiger partial charge is 0.337 e. The lowest BCUT2D eigenvalue weighted by Gasteiger charge is -2.07. The maximum Gasteiger partial charge on any atom is 0.337 e. The molecule has 0 unspecified atom stereocenters. The van der Waals surface area contributed by atoms with Crippen molar-refractivity contribution in [3.8, 4) is 11.5 Å². The maximum atomic E-state index is 12.7. The van der Waals surface area contributed by atoms with E-state index in [4.69, 9.17) is 9.15 Å². The van der Waals surface area contributed by atoms with Gasteiger partial charge < -0.3 is 14.5 Å². The Bertz CT molecular complexity index is 1180. The van der Waals surface area contributed by atoms with Crippen LogP contribution in [0.4, 0.5) is 5.69 Å². The summed E-state index contributed by atoms with van der Waals surface area (Å²) in [5.74, 6) is -0.250. The summed E-state index contributed by atoms with van der Waals surface area (Å²) in [7, 11) is 1.30. The number of anilines is 1. The van der Waals surface area contributed by atoms with Crippen molar-refractivity contribution in [1.82, 2.24) is 14.6 Å². The fourth-order valence-electron chi connectivity index (χ4n) is 2.82. The zero-order chi connectivity index (χ0) is 19.7. The molecule has 1 amide bonds. The molecule has 8 heteroatoms. The van der Waals surface area contributed by atoms with Crippen molar-refractivity contribution >= 4 is 23.2 Å². The van der Waals surface area contributed by atoms with Crippen LogP contribution in [0.15, 0.2) is 59.2 Å². The molecule has 3 heterocycles. The highest BCUT2D eigenvalue weighted by molar-refractivity contribution is 6.04. The van der Waals surface area contributed by atoms with Gasteiger partial charge in [-0.1, -0.05) is 6.07 Å². The fraction of sp³-hybridized carbons (Fsp3) is 0.100. The number of carbonyl (C=O) groups excluding carboxylic acids is 2. The lowest BCUT2D eigenvalue weighted by atomic mass is 10.2. The van der Waals surface area contributed by atoms with Crippen LogP contribution in [-0.2, 0) is 4.74 Å². The Morgan fingerprint density at radius 1 is 1.14 bits per heavy atom. The monoisotopic (exact) mass is 376 g/mol. The van der Waals surface area contributed by atoms with Crippen molar-refractivity contribution in [2.45, 2.75) is 6.92 Å². The number of furan rings is 1. The Hall–Kier alpha value is -3.94. The number of esters is 1. The quantitative estimate of drug-likeness (QED) is 0.549. The summed E-state index contributed by atoms with van der Waals surface area (Å²) in [4.78, 5) is 28.7. The number of hydrogen-bond acceptors (Lipinski definition) is 6. The molecule has 0 radical (unpaired) electrons. The molecule has 0 saturated carbocycles. The molecule has 1 N–H and O–H groups in total. The van der Waals surface area contributed by atoms with E-state index in [1.807, 2.05) is 6.92 Å². The predicted molar refractivity (Wildman–Crippen MR) is 101 cm³/mol. The summed E-state index contributed by atoms with van der Waals surface area (Å²) in [5.41, 5.74) is 2.95. The first-order valence-corrected chi connectivity index (χ1v) is 8.46. The van der Waals surface area contributed by atoms with Gasteiger partial charge in [0.15, 0.2) is 11.4 Å². The van der Waals surface area contributed by atoms with Crippen LogP contribution in [0.2, 0.25) is 0 Å². The average Bonchev–Trinajstić information content (AvgIpc) is 3.37. The zero-order valence-electron chi connectivity index (χ0n) is 15.2. The van der Waals surface area contributed by atoms with Crippen LogP contribution >= 0.6 is 0 Å². The molecule has 0 atom stereocenters. The van der Waals surface area contributed by atoms with Gasteiger partial charge in [0.05, 0.1) is 18.9 Å². The Labute approximate surface area is 159 Å². The second kappa shape index (κ2) is 6.99. The summed E-state index contributed by atoms with van der Waals surface area (Å²) < 4.78 is 11.7. The van der Waals surface area contributed by atoms with E-state index in [9.17, 15) is 9.59 Å². The van der Waals surface area contributed by atoms with Crippen molar-refractivity contribution in [3.05, 3.63) is 71.7 Å². The van der Waals surface area contributed by atoms with Gasteiger partial charge in [-0.2, -0.15) is 5.10 Å². The molecular formula is C20H16N4O4. The number of fused-ring (bicyclic) bond motifs is 1. The third-order valence-corrected chi connectivity index (χ3v) is 4.15. The largest absolute Gasteiger partial charge is 0.465 e. The van der Waals surface area contributed by atoms with Crippen molar-refractivity contribution in [3.63, 3.8) is 0 Å². The van der Waals surface area contributed by atoms with Crippen LogP contribution < -0.4 is 5.32 Å². The molecule has 4 rings (SSSR count). The summed E-state index contributed by atoms with van der Waals surface area (Å²) >= 11 is 0. The third kappa shape index (κ3) is 3.23. The summed E-state index contributed by atoms with van der Waals surface area (Å²) in [6.07, 6.45) is 1.57. The van der Waals surface area contributed by atoms with Crippen LogP contribution in [0.5, 0.6) is 0 Å². The molecule has 8 nitrogen and oxygen atoms in total. The van der Waals surface area contributed by atoms with Crippen LogP contribution in [0.3, 0.4) is 0 Å². The number of carbonyl (C=O) groups is 2. The predicted octanol–water partition coefficient (Wildman–Crippen LogP) is 3.34. The van der Waals surface area contributed by atoms with Gasteiger partial charge in [-0.05, 0) is 43.3 Å². The first-order valence-electron chi connectivity index (χ1n) is 8.46. The van der Waals surface area contributed by atoms with E-state index in [-0.39, 0.29) is 5.69 Å². The van der Waals surface area contributed by atoms with Crippen molar-refractivity contribution in [2.24, 2.45) is 0 Å². The van der Waals surface area contributed by atoms with Gasteiger partial charge in [0.25, 0.3) is 5.91 Å². The zero-order valence-corrected chi connectivity index (χ0v) is 15.2. The number of aryl methyl sites for hydroxylation is 1. The highest BCUT2D eigenvalue weighted by Crippen LogP contribution is 2.21. The molecule has 0 spiro atoms. The second-order valence-corrected chi connectivity index (χ2v) is 6.09. The maximum absolute atomic E-state index is 12.7. The summed E-state index contributed by atoms with van der Waals surface area (Å²) in [6.45, 7) is 1.84. The normalized spacial score (nSPS) is 10.8. The molecule has 140 valence electrons. The van der Waals surface area contributed by atoms with Gasteiger partial charge >= 0.3 is 5.97 Å². The number of benzene rings is 1. The molecule has 4 aromatic rings. The molecule has 0 aliphatic rings. The Morgan fingerprint density at radius 3 is 2.75 bits per heavy atom. The molecular weight excluding hydrogens is 360 g/mol. The molecule has 0 aliphatic carbocycles. The minimum atomic E-state index is -0.476. The van der Waals surface area contributed by atoms with Gasteiger partial charge in [0, 0.05) is 17.4 Å². The van der Waals surface area contributed by atoms with Crippen molar-refractivity contribution < 1.29 is 18.7 Å². The van der Waals surface area contributed by atoms with Crippen LogP contribution in [-0.4, -0.2) is 33.6 Å². The van der Waals surface area contributed by atoms with E-state index in [2.05, 4.69) is 15.4 Å². The van der Waals surface area contributed by atoms with E-state index < -0.39 is 11.9 Å². The number of aromatic nitrogens is 3. The average molecular weight is 376 g/mol. The van der Waals surface area contributed by atoms with Gasteiger partial charge in [-0.3, -0.25) is 4.79 Å². The standard InChI is InChI=1S/C20H16N4O4/c1-12-9-16(19(25)21-14-6-3-5-13(10-14)20(26)27-2)22-18-11-15(23-24(12)18)17-7-4-8-28-17/h3-11H,1-2H3,(H,21,25). The number of ether oxygens (including phenoxy) is 1. The van der Waals surface area contributed by atoms with E-state index in [1.54, 1.807) is 59.3 Å². The van der Waals surface area contributed by atoms with Crippen LogP contribution in [0.1, 0.15) is 26.5 Å². The molecule has 0 saturated heterocycles. The van der Waals surface area contributed by atoms with Gasteiger partial charge in [-0.25, -0.2) is 14.3 Å². The van der Waals surface area contributed by atoms with E-state index in [0.717, 1.165) is 5.69 Å². The first-order chi connectivity index (χ1) is 13.5. The molecule has 1 aromatic carbocycles. The number of hydrogen-bond donors (Lipinski definition) is 1. The topological polar surface area (TPSA) is 98.7 Å². The summed E-state index contributed by atoms with van der Waals surface area (Å²) in [6, 6.07) is 13.5. The molecule has 0 bridgehead atoms. The molecule has 0 aliphatic heterocycles. The number of nitrogens with one attached hydrogen (secondary N) is 1. The highest BCUT2D eigenvalue weighted by Gasteiger charge is 2.15. The number of amides is 1. The molecule has 3 aromatic heterocycles. The van der Waals surface area contributed by atoms with Gasteiger partial charge in [0.2, 0.25) is 0 Å². The highest BCUT2D eigenvalue weighted by atomic mass is 16.5. The molecule has 0 fully saturated rings. The molecule has 28 heavy (non-hydrogen) atoms. The van der Waals surface area contributed by atoms with Crippen molar-refractivity contribution in [2.75, 3.05) is 12.4 Å². The SMILES string of the molecule is COC(=O)c1cccc(NC(=O)c2cc(C)n3nc(-c4ccco4)cc3n2)c1. The Morgan fingerprint density at radius 2 is 2.00 bits per heavy atom. The Balaban J connectivity index is 1.63. The van der Waals surface area contributed by atoms with Crippen LogP contribution in [0, 0.1) is 6.92 Å². The minimum absolute atomic E-state index is 0.236. The van der Waals surface area contributed by atoms with E-state index in [0.29, 0.717) is 28.4 Å². The Kier molecular flexibility index (Phi) is 4.36. The van der Waals surface area contributed by atoms with E-state index in [1.165, 1.54) is 7.11 Å². The third-order valence-electron chi connectivity index (χ3n) is 4.15. The number of methoxy groups -OCH3 is 1.